The Labute approximate surface area is 128 Å². The maximum absolute atomic E-state index is 12.9. The van der Waals surface area contributed by atoms with Gasteiger partial charge in [0.15, 0.2) is 0 Å². The molecular formula is C15H13F6NO. The van der Waals surface area contributed by atoms with E-state index in [1.807, 2.05) is 13.8 Å². The van der Waals surface area contributed by atoms with Crippen LogP contribution < -0.4 is 0 Å². The van der Waals surface area contributed by atoms with E-state index in [1.165, 1.54) is 6.07 Å². The van der Waals surface area contributed by atoms with Crippen molar-refractivity contribution in [1.82, 2.24) is 4.98 Å². The summed E-state index contributed by atoms with van der Waals surface area (Å²) in [5.74, 6) is 0. The van der Waals surface area contributed by atoms with Crippen LogP contribution in [0.15, 0.2) is 24.3 Å². The molecule has 0 spiro atoms. The predicted molar refractivity (Wildman–Crippen MR) is 71.8 cm³/mol. The highest BCUT2D eigenvalue weighted by Gasteiger charge is 2.39. The van der Waals surface area contributed by atoms with Crippen LogP contribution in [0.3, 0.4) is 0 Å². The molecule has 0 amide bonds. The van der Waals surface area contributed by atoms with Crippen LogP contribution in [0, 0.1) is 0 Å². The van der Waals surface area contributed by atoms with Crippen LogP contribution in [0.25, 0.3) is 10.9 Å². The summed E-state index contributed by atoms with van der Waals surface area (Å²) < 4.78 is 82.2. The number of rotatable bonds is 1. The number of para-hydroxylation sites is 1. The highest BCUT2D eigenvalue weighted by molar-refractivity contribution is 5.86. The molecule has 1 aliphatic heterocycles. The highest BCUT2D eigenvalue weighted by atomic mass is 19.4. The normalized spacial score (nSPS) is 17.7. The molecule has 23 heavy (non-hydrogen) atoms. The summed E-state index contributed by atoms with van der Waals surface area (Å²) in [6.07, 6.45) is -10.2. The van der Waals surface area contributed by atoms with Gasteiger partial charge in [-0.25, -0.2) is 4.98 Å². The Balaban J connectivity index is 0.000000924. The summed E-state index contributed by atoms with van der Waals surface area (Å²) in [5.41, 5.74) is -3.16. The van der Waals surface area contributed by atoms with Crippen molar-refractivity contribution >= 4 is 10.9 Å². The average Bonchev–Trinajstić information content (AvgIpc) is 3.30. The number of ether oxygens (including phenoxy) is 1. The van der Waals surface area contributed by atoms with Crippen molar-refractivity contribution in [2.24, 2.45) is 0 Å². The van der Waals surface area contributed by atoms with Crippen LogP contribution in [-0.4, -0.2) is 11.6 Å². The topological polar surface area (TPSA) is 25.4 Å². The lowest BCUT2D eigenvalue weighted by Gasteiger charge is -2.14. The van der Waals surface area contributed by atoms with Crippen molar-refractivity contribution in [3.8, 4) is 0 Å². The lowest BCUT2D eigenvalue weighted by atomic mass is 10.0. The molecule has 0 saturated carbocycles. The van der Waals surface area contributed by atoms with Crippen molar-refractivity contribution in [1.29, 1.82) is 0 Å². The fraction of sp³-hybridized carbons (Fsp3) is 0.400. The molecule has 2 heterocycles. The minimum absolute atomic E-state index is 0.0281. The molecule has 1 saturated heterocycles. The average molecular weight is 337 g/mol. The lowest BCUT2D eigenvalue weighted by Crippen LogP contribution is -2.12. The Morgan fingerprint density at radius 3 is 2.13 bits per heavy atom. The Morgan fingerprint density at radius 1 is 1.04 bits per heavy atom. The first-order valence-corrected chi connectivity index (χ1v) is 6.87. The van der Waals surface area contributed by atoms with E-state index in [9.17, 15) is 26.3 Å². The van der Waals surface area contributed by atoms with E-state index in [4.69, 9.17) is 4.74 Å². The van der Waals surface area contributed by atoms with Crippen molar-refractivity contribution in [3.63, 3.8) is 0 Å². The van der Waals surface area contributed by atoms with Gasteiger partial charge in [-0.2, -0.15) is 26.3 Å². The number of aromatic nitrogens is 1. The third-order valence-corrected chi connectivity index (χ3v) is 3.15. The number of nitrogens with zero attached hydrogens (tertiary/aromatic N) is 1. The van der Waals surface area contributed by atoms with Crippen molar-refractivity contribution in [2.45, 2.75) is 32.3 Å². The van der Waals surface area contributed by atoms with Gasteiger partial charge >= 0.3 is 12.4 Å². The molecule has 126 valence electrons. The van der Waals surface area contributed by atoms with Crippen LogP contribution in [0.2, 0.25) is 0 Å². The third kappa shape index (κ3) is 3.57. The second kappa shape index (κ2) is 5.99. The van der Waals surface area contributed by atoms with Crippen LogP contribution in [-0.2, 0) is 17.1 Å². The van der Waals surface area contributed by atoms with Crippen molar-refractivity contribution < 1.29 is 31.1 Å². The van der Waals surface area contributed by atoms with E-state index in [-0.39, 0.29) is 17.6 Å². The number of fused-ring (bicyclic) bond motifs is 1. The first-order valence-electron chi connectivity index (χ1n) is 6.87. The number of hydrogen-bond acceptors (Lipinski definition) is 2. The highest BCUT2D eigenvalue weighted by Crippen LogP contribution is 2.41. The maximum atomic E-state index is 12.9. The smallest absolute Gasteiger partial charge is 0.368 e. The number of pyridine rings is 1. The summed E-state index contributed by atoms with van der Waals surface area (Å²) in [6.45, 7) is 4.19. The first-order chi connectivity index (χ1) is 10.7. The Morgan fingerprint density at radius 2 is 1.65 bits per heavy atom. The molecule has 0 N–H and O–H groups in total. The molecular weight excluding hydrogens is 324 g/mol. The second-order valence-corrected chi connectivity index (χ2v) is 4.62. The van der Waals surface area contributed by atoms with Gasteiger partial charge in [-0.05, 0) is 17.7 Å². The summed E-state index contributed by atoms with van der Waals surface area (Å²) in [6, 6.07) is 3.92. The number of halogens is 6. The van der Waals surface area contributed by atoms with Gasteiger partial charge in [0, 0.05) is 5.39 Å². The monoisotopic (exact) mass is 337 g/mol. The summed E-state index contributed by atoms with van der Waals surface area (Å²) in [7, 11) is 0. The summed E-state index contributed by atoms with van der Waals surface area (Å²) >= 11 is 0. The van der Waals surface area contributed by atoms with E-state index < -0.39 is 35.2 Å². The van der Waals surface area contributed by atoms with E-state index in [0.29, 0.717) is 6.07 Å². The predicted octanol–water partition coefficient (Wildman–Crippen LogP) is 5.37. The zero-order chi connectivity index (χ0) is 17.4. The van der Waals surface area contributed by atoms with Crippen molar-refractivity contribution in [3.05, 3.63) is 41.1 Å². The van der Waals surface area contributed by atoms with Gasteiger partial charge in [0.05, 0.1) is 17.7 Å². The SMILES string of the molecule is CC.FC(F)(F)c1cc(C2CO2)c2cccc(C(F)(F)F)c2n1. The molecule has 0 radical (unpaired) electrons. The standard InChI is InChI=1S/C13H7F6NO.C2H6/c14-12(15,16)8-3-1-2-6-7(9-5-21-9)4-10(13(17,18)19)20-11(6)8;1-2/h1-4,9H,5H2;1-2H3. The van der Waals surface area contributed by atoms with Crippen LogP contribution in [0.5, 0.6) is 0 Å². The Kier molecular flexibility index (Phi) is 4.57. The third-order valence-electron chi connectivity index (χ3n) is 3.15. The first kappa shape index (κ1) is 17.5. The van der Waals surface area contributed by atoms with Gasteiger partial charge in [0.2, 0.25) is 0 Å². The van der Waals surface area contributed by atoms with Gasteiger partial charge in [-0.3, -0.25) is 0 Å². The van der Waals surface area contributed by atoms with E-state index >= 15 is 0 Å². The molecule has 1 atom stereocenters. The molecule has 1 unspecified atom stereocenters. The molecule has 2 aromatic rings. The quantitative estimate of drug-likeness (QED) is 0.516. The largest absolute Gasteiger partial charge is 0.433 e. The van der Waals surface area contributed by atoms with E-state index in [0.717, 1.165) is 12.1 Å². The molecule has 1 aromatic carbocycles. The van der Waals surface area contributed by atoms with Crippen LogP contribution in [0.1, 0.15) is 36.8 Å². The summed E-state index contributed by atoms with van der Waals surface area (Å²) in [5, 5.41) is 0.0281. The molecule has 2 nitrogen and oxygen atoms in total. The van der Waals surface area contributed by atoms with Gasteiger partial charge in [0.1, 0.15) is 11.8 Å². The summed E-state index contributed by atoms with van der Waals surface area (Å²) in [4.78, 5) is 3.18. The van der Waals surface area contributed by atoms with Crippen molar-refractivity contribution in [2.75, 3.05) is 6.61 Å². The minimum atomic E-state index is -4.82. The molecule has 1 aliphatic rings. The van der Waals surface area contributed by atoms with E-state index in [1.54, 1.807) is 0 Å². The molecule has 0 bridgehead atoms. The Hall–Kier alpha value is -1.83. The number of hydrogen-bond donors (Lipinski definition) is 0. The number of alkyl halides is 6. The zero-order valence-corrected chi connectivity index (χ0v) is 12.2. The van der Waals surface area contributed by atoms with Gasteiger partial charge < -0.3 is 4.74 Å². The molecule has 8 heteroatoms. The van der Waals surface area contributed by atoms with Gasteiger partial charge in [0.25, 0.3) is 0 Å². The van der Waals surface area contributed by atoms with Crippen LogP contribution >= 0.6 is 0 Å². The molecule has 1 fully saturated rings. The van der Waals surface area contributed by atoms with Crippen LogP contribution in [0.4, 0.5) is 26.3 Å². The zero-order valence-electron chi connectivity index (χ0n) is 12.2. The minimum Gasteiger partial charge on any atom is -0.368 e. The fourth-order valence-electron chi connectivity index (χ4n) is 2.14. The fourth-order valence-corrected chi connectivity index (χ4v) is 2.14. The van der Waals surface area contributed by atoms with E-state index in [2.05, 4.69) is 4.98 Å². The number of epoxide rings is 1. The second-order valence-electron chi connectivity index (χ2n) is 4.62. The lowest BCUT2D eigenvalue weighted by molar-refractivity contribution is -0.142. The maximum Gasteiger partial charge on any atom is 0.433 e. The molecule has 3 rings (SSSR count). The Bertz CT molecular complexity index is 703. The van der Waals surface area contributed by atoms with Gasteiger partial charge in [-0.1, -0.05) is 26.0 Å². The molecule has 0 aliphatic carbocycles. The van der Waals surface area contributed by atoms with Gasteiger partial charge in [-0.15, -0.1) is 0 Å². The molecule has 1 aromatic heterocycles. The number of benzene rings is 1.